The first-order chi connectivity index (χ1) is 25.1. The molecule has 0 bridgehead atoms. The van der Waals surface area contributed by atoms with Crippen molar-refractivity contribution in [3.8, 4) is 5.75 Å². The molecule has 7 N–H and O–H groups in total. The molecule has 12 heteroatoms. The van der Waals surface area contributed by atoms with Crippen molar-refractivity contribution in [1.82, 2.24) is 10.6 Å². The summed E-state index contributed by atoms with van der Waals surface area (Å²) >= 11 is 4.15. The molecule has 2 saturated carbocycles. The van der Waals surface area contributed by atoms with E-state index in [1.807, 2.05) is 12.1 Å². The molecule has 0 spiro atoms. The molecular weight excluding hydrogens is 683 g/mol. The third-order valence-corrected chi connectivity index (χ3v) is 11.6. The van der Waals surface area contributed by atoms with Gasteiger partial charge in [0.2, 0.25) is 11.8 Å². The number of rotatable bonds is 21. The van der Waals surface area contributed by atoms with Crippen molar-refractivity contribution in [3.05, 3.63) is 29.3 Å². The highest BCUT2D eigenvalue weighted by Gasteiger charge is 2.40. The number of hydrogen-bond acceptors (Lipinski definition) is 8. The Bertz CT molecular complexity index is 1270. The van der Waals surface area contributed by atoms with Crippen LogP contribution in [0.3, 0.4) is 0 Å². The second-order valence-corrected chi connectivity index (χ2v) is 15.5. The molecular formula is C40H65N3O8S. The maximum atomic E-state index is 12.4. The number of carbonyl (C=O) groups excluding carboxylic acids is 2. The Kier molecular flexibility index (Phi) is 19.9. The van der Waals surface area contributed by atoms with Gasteiger partial charge in [-0.1, -0.05) is 64.0 Å². The van der Waals surface area contributed by atoms with Gasteiger partial charge in [0.25, 0.3) is 0 Å². The maximum Gasteiger partial charge on any atom is 0.341 e. The van der Waals surface area contributed by atoms with Crippen molar-refractivity contribution in [3.63, 3.8) is 0 Å². The Hall–Kier alpha value is -2.83. The smallest absolute Gasteiger partial charge is 0.341 e. The summed E-state index contributed by atoms with van der Waals surface area (Å²) in [5.41, 5.74) is 8.17. The van der Waals surface area contributed by atoms with Gasteiger partial charge in [-0.3, -0.25) is 14.4 Å². The van der Waals surface area contributed by atoms with Crippen LogP contribution in [0.25, 0.3) is 0 Å². The van der Waals surface area contributed by atoms with Crippen LogP contribution in [0.5, 0.6) is 5.75 Å². The second-order valence-electron chi connectivity index (χ2n) is 15.0. The Labute approximate surface area is 316 Å². The second kappa shape index (κ2) is 23.8. The number of unbranched alkanes of at least 4 members (excludes halogenated alkanes) is 5. The lowest BCUT2D eigenvalue weighted by molar-refractivity contribution is -0.149. The van der Waals surface area contributed by atoms with Crippen LogP contribution in [-0.4, -0.2) is 76.7 Å². The zero-order valence-electron chi connectivity index (χ0n) is 31.2. The van der Waals surface area contributed by atoms with E-state index in [0.29, 0.717) is 37.1 Å². The summed E-state index contributed by atoms with van der Waals surface area (Å²) in [7, 11) is 0. The minimum atomic E-state index is -0.949. The molecule has 2 amide bonds. The molecule has 0 radical (unpaired) electrons. The minimum absolute atomic E-state index is 0.0122. The van der Waals surface area contributed by atoms with Crippen molar-refractivity contribution >= 4 is 36.4 Å². The lowest BCUT2D eigenvalue weighted by Crippen LogP contribution is -2.53. The van der Waals surface area contributed by atoms with Gasteiger partial charge in [0, 0.05) is 13.1 Å². The summed E-state index contributed by atoms with van der Waals surface area (Å²) < 4.78 is 5.53. The number of carbonyl (C=O) groups is 4. The van der Waals surface area contributed by atoms with E-state index in [2.05, 4.69) is 36.3 Å². The number of fused-ring (bicyclic) bond motifs is 2. The fraction of sp³-hybridized carbons (Fsp3) is 0.750. The molecule has 7 atom stereocenters. The molecule has 6 unspecified atom stereocenters. The molecule has 52 heavy (non-hydrogen) atoms. The summed E-state index contributed by atoms with van der Waals surface area (Å²) in [6.07, 6.45) is 17.7. The average Bonchev–Trinajstić information content (AvgIpc) is 3.54. The number of amides is 2. The number of thiol groups is 1. The van der Waals surface area contributed by atoms with Crippen LogP contribution in [0.4, 0.5) is 0 Å². The van der Waals surface area contributed by atoms with Crippen LogP contribution in [0.1, 0.15) is 121 Å². The molecule has 1 aromatic rings. The number of nitrogens with one attached hydrogen (secondary N) is 2. The SMILES string of the molecule is CCCCCC(O)CCC1CC[C@@H]2Cc3c(cccc3OCC(=O)O)CC12.NCC(NC(=O)C1CCCCC1C(=O)O)C(=O)NCCCCCCS. The van der Waals surface area contributed by atoms with Crippen LogP contribution in [0.2, 0.25) is 0 Å². The average molecular weight is 748 g/mol. The van der Waals surface area contributed by atoms with E-state index in [4.69, 9.17) is 15.6 Å². The molecule has 3 aliphatic rings. The third-order valence-electron chi connectivity index (χ3n) is 11.3. The maximum absolute atomic E-state index is 12.4. The Morgan fingerprint density at radius 2 is 1.69 bits per heavy atom. The molecule has 1 aromatic carbocycles. The molecule has 3 aliphatic carbocycles. The number of aliphatic carboxylic acids is 2. The van der Waals surface area contributed by atoms with Crippen molar-refractivity contribution in [2.24, 2.45) is 35.3 Å². The first-order valence-corrected chi connectivity index (χ1v) is 20.5. The van der Waals surface area contributed by atoms with Crippen LogP contribution in [-0.2, 0) is 32.0 Å². The summed E-state index contributed by atoms with van der Waals surface area (Å²) in [4.78, 5) is 46.7. The summed E-state index contributed by atoms with van der Waals surface area (Å²) in [5.74, 6) is -0.128. The topological polar surface area (TPSA) is 188 Å². The largest absolute Gasteiger partial charge is 0.482 e. The molecule has 0 aromatic heterocycles. The lowest BCUT2D eigenvalue weighted by atomic mass is 9.73. The highest BCUT2D eigenvalue weighted by molar-refractivity contribution is 7.80. The van der Waals surface area contributed by atoms with Gasteiger partial charge in [0.1, 0.15) is 11.8 Å². The molecule has 0 aliphatic heterocycles. The fourth-order valence-electron chi connectivity index (χ4n) is 8.37. The van der Waals surface area contributed by atoms with Gasteiger partial charge >= 0.3 is 11.9 Å². The number of benzene rings is 1. The van der Waals surface area contributed by atoms with Crippen molar-refractivity contribution in [2.75, 3.05) is 25.4 Å². The normalized spacial score (nSPS) is 23.2. The van der Waals surface area contributed by atoms with Gasteiger partial charge in [-0.2, -0.15) is 12.6 Å². The molecule has 11 nitrogen and oxygen atoms in total. The first kappa shape index (κ1) is 43.6. The van der Waals surface area contributed by atoms with E-state index in [1.165, 1.54) is 36.8 Å². The lowest BCUT2D eigenvalue weighted by Gasteiger charge is -2.32. The number of ether oxygens (including phenoxy) is 1. The molecule has 4 rings (SSSR count). The third kappa shape index (κ3) is 14.2. The first-order valence-electron chi connectivity index (χ1n) is 19.8. The Morgan fingerprint density at radius 3 is 2.38 bits per heavy atom. The highest BCUT2D eigenvalue weighted by Crippen LogP contribution is 2.48. The van der Waals surface area contributed by atoms with Crippen LogP contribution >= 0.6 is 12.6 Å². The van der Waals surface area contributed by atoms with Gasteiger partial charge in [-0.05, 0) is 111 Å². The monoisotopic (exact) mass is 747 g/mol. The van der Waals surface area contributed by atoms with Crippen LogP contribution in [0.15, 0.2) is 18.2 Å². The van der Waals surface area contributed by atoms with Crippen LogP contribution < -0.4 is 21.1 Å². The minimum Gasteiger partial charge on any atom is -0.482 e. The zero-order valence-corrected chi connectivity index (χ0v) is 32.1. The molecule has 2 fully saturated rings. The zero-order chi connectivity index (χ0) is 37.9. The van der Waals surface area contributed by atoms with E-state index in [0.717, 1.165) is 88.6 Å². The van der Waals surface area contributed by atoms with Gasteiger partial charge in [-0.25, -0.2) is 4.79 Å². The Morgan fingerprint density at radius 1 is 0.942 bits per heavy atom. The van der Waals surface area contributed by atoms with E-state index < -0.39 is 29.8 Å². The summed E-state index contributed by atoms with van der Waals surface area (Å²) in [5, 5.41) is 33.8. The van der Waals surface area contributed by atoms with E-state index in [1.54, 1.807) is 0 Å². The van der Waals surface area contributed by atoms with E-state index in [9.17, 15) is 29.4 Å². The molecule has 0 heterocycles. The number of carboxylic acid groups (broad SMARTS) is 2. The van der Waals surface area contributed by atoms with Crippen molar-refractivity contribution in [1.29, 1.82) is 0 Å². The predicted octanol–water partition coefficient (Wildman–Crippen LogP) is 5.54. The quantitative estimate of drug-likeness (QED) is 0.0626. The predicted molar refractivity (Wildman–Crippen MR) is 205 cm³/mol. The van der Waals surface area contributed by atoms with Gasteiger partial charge < -0.3 is 36.4 Å². The Balaban J connectivity index is 0.000000282. The number of hydrogen-bond donors (Lipinski definition) is 7. The van der Waals surface area contributed by atoms with Gasteiger partial charge in [-0.15, -0.1) is 0 Å². The summed E-state index contributed by atoms with van der Waals surface area (Å²) in [6.45, 7) is 2.45. The van der Waals surface area contributed by atoms with E-state index in [-0.39, 0.29) is 31.1 Å². The fourth-order valence-corrected chi connectivity index (χ4v) is 8.59. The number of aliphatic hydroxyl groups excluding tert-OH is 1. The molecule has 0 saturated heterocycles. The highest BCUT2D eigenvalue weighted by atomic mass is 32.1. The number of carboxylic acids is 2. The molecule has 294 valence electrons. The standard InChI is InChI=1S/C23H34O4.C17H31N3O4S/c1-2-3-4-7-19(24)12-11-16-9-10-18-14-21-17(13-20(16)18)6-5-8-22(21)27-15-23(25)26;18-11-14(16(22)19-9-5-1-2-6-10-25)20-15(21)12-7-3-4-8-13(12)17(23)24/h5-6,8,16,18-20,24H,2-4,7,9-15H2,1H3,(H,25,26);12-14,25H,1-11,18H2,(H,19,22)(H,20,21)(H,23,24)/t16?,18-,19?,20?;/m1./s1. The number of nitrogens with two attached hydrogens (primary N) is 1. The van der Waals surface area contributed by atoms with Gasteiger partial charge in [0.05, 0.1) is 17.9 Å². The summed E-state index contributed by atoms with van der Waals surface area (Å²) in [6, 6.07) is 5.24. The van der Waals surface area contributed by atoms with Crippen LogP contribution in [0, 0.1) is 29.6 Å². The van der Waals surface area contributed by atoms with Crippen molar-refractivity contribution in [2.45, 2.75) is 135 Å². The van der Waals surface area contributed by atoms with Gasteiger partial charge in [0.15, 0.2) is 6.61 Å². The van der Waals surface area contributed by atoms with Crippen molar-refractivity contribution < 1.29 is 39.2 Å². The van der Waals surface area contributed by atoms with E-state index >= 15 is 0 Å². The number of aliphatic hydroxyl groups is 1.